The molecule has 1 aromatic carbocycles. The van der Waals surface area contributed by atoms with Crippen LogP contribution < -0.4 is 4.57 Å². The minimum atomic E-state index is 0.941. The Bertz CT molecular complexity index is 501. The maximum Gasteiger partial charge on any atom is 0.276 e. The Morgan fingerprint density at radius 3 is 2.22 bits per heavy atom. The maximum absolute atomic E-state index is 2.25. The molecule has 0 fully saturated rings. The fourth-order valence-corrected chi connectivity index (χ4v) is 1.89. The normalized spacial score (nSPS) is 11.3. The van der Waals surface area contributed by atoms with Crippen molar-refractivity contribution in [2.24, 2.45) is 0 Å². The van der Waals surface area contributed by atoms with Crippen molar-refractivity contribution in [3.8, 4) is 0 Å². The average molecular weight is 239 g/mol. The van der Waals surface area contributed by atoms with Gasteiger partial charge in [-0.05, 0) is 24.1 Å². The first-order valence-electron chi connectivity index (χ1n) is 6.15. The molecule has 0 radical (unpaired) electrons. The molecule has 92 valence electrons. The topological polar surface area (TPSA) is 7.12 Å². The Balaban J connectivity index is 2.21. The molecule has 1 aromatic heterocycles. The van der Waals surface area contributed by atoms with E-state index >= 15 is 0 Å². The van der Waals surface area contributed by atoms with Gasteiger partial charge in [0, 0.05) is 6.08 Å². The number of benzene rings is 1. The highest BCUT2D eigenvalue weighted by Gasteiger charge is 2.10. The molecule has 1 heterocycles. The highest BCUT2D eigenvalue weighted by molar-refractivity contribution is 5.32. The average Bonchev–Trinajstić information content (AvgIpc) is 2.41. The zero-order valence-corrected chi connectivity index (χ0v) is 11.0. The second-order valence-corrected chi connectivity index (χ2v) is 4.43. The molecular formula is C16H19N2+. The SMILES string of the molecule is CN(C)/C(=C/Cc1ccccc1)[n+]1ccccc1. The van der Waals surface area contributed by atoms with E-state index in [0.29, 0.717) is 0 Å². The van der Waals surface area contributed by atoms with Crippen molar-refractivity contribution in [2.45, 2.75) is 6.42 Å². The molecule has 0 spiro atoms. The van der Waals surface area contributed by atoms with Crippen LogP contribution in [0.1, 0.15) is 5.56 Å². The van der Waals surface area contributed by atoms with Crippen LogP contribution >= 0.6 is 0 Å². The molecule has 0 unspecified atom stereocenters. The molecule has 2 rings (SSSR count). The molecule has 2 heteroatoms. The molecular weight excluding hydrogens is 220 g/mol. The lowest BCUT2D eigenvalue weighted by atomic mass is 10.1. The first kappa shape index (κ1) is 12.4. The van der Waals surface area contributed by atoms with Gasteiger partial charge in [-0.25, -0.2) is 4.57 Å². The molecule has 0 aliphatic carbocycles. The van der Waals surface area contributed by atoms with Gasteiger partial charge in [0.1, 0.15) is 0 Å². The summed E-state index contributed by atoms with van der Waals surface area (Å²) in [5.41, 5.74) is 1.33. The summed E-state index contributed by atoms with van der Waals surface area (Å²) >= 11 is 0. The summed E-state index contributed by atoms with van der Waals surface area (Å²) in [7, 11) is 4.13. The second kappa shape index (κ2) is 6.01. The molecule has 2 aromatic rings. The van der Waals surface area contributed by atoms with E-state index in [0.717, 1.165) is 6.42 Å². The Hall–Kier alpha value is -2.09. The highest BCUT2D eigenvalue weighted by Crippen LogP contribution is 2.04. The maximum atomic E-state index is 2.25. The number of pyridine rings is 1. The smallest absolute Gasteiger partial charge is 0.267 e. The van der Waals surface area contributed by atoms with Gasteiger partial charge in [0.15, 0.2) is 0 Å². The summed E-state index contributed by atoms with van der Waals surface area (Å²) < 4.78 is 2.13. The van der Waals surface area contributed by atoms with E-state index in [9.17, 15) is 0 Å². The lowest BCUT2D eigenvalue weighted by Gasteiger charge is -2.10. The number of allylic oxidation sites excluding steroid dienone is 1. The number of rotatable bonds is 4. The quantitative estimate of drug-likeness (QED) is 0.744. The molecule has 0 aliphatic heterocycles. The Morgan fingerprint density at radius 1 is 1.00 bits per heavy atom. The van der Waals surface area contributed by atoms with Gasteiger partial charge in [0.25, 0.3) is 5.82 Å². The fraction of sp³-hybridized carbons (Fsp3) is 0.188. The molecule has 18 heavy (non-hydrogen) atoms. The van der Waals surface area contributed by atoms with Crippen LogP contribution in [0.3, 0.4) is 0 Å². The van der Waals surface area contributed by atoms with Crippen LogP contribution in [-0.4, -0.2) is 19.0 Å². The van der Waals surface area contributed by atoms with Gasteiger partial charge in [-0.15, -0.1) is 0 Å². The van der Waals surface area contributed by atoms with E-state index in [1.165, 1.54) is 11.4 Å². The van der Waals surface area contributed by atoms with Gasteiger partial charge in [-0.1, -0.05) is 36.4 Å². The monoisotopic (exact) mass is 239 g/mol. The van der Waals surface area contributed by atoms with Crippen LogP contribution in [0.5, 0.6) is 0 Å². The summed E-state index contributed by atoms with van der Waals surface area (Å²) in [5, 5.41) is 0. The van der Waals surface area contributed by atoms with Gasteiger partial charge >= 0.3 is 0 Å². The number of nitrogens with zero attached hydrogens (tertiary/aromatic N) is 2. The Labute approximate surface area is 109 Å². The third-order valence-corrected chi connectivity index (χ3v) is 2.80. The summed E-state index contributed by atoms with van der Waals surface area (Å²) in [5.74, 6) is 1.18. The zero-order valence-electron chi connectivity index (χ0n) is 11.0. The standard InChI is InChI=1S/C16H19N2/c1-17(2)16(18-13-7-4-8-14-18)12-11-15-9-5-3-6-10-15/h3-10,12-14H,11H2,1-2H3/q+1/b16-12-. The molecule has 2 nitrogen and oxygen atoms in total. The summed E-state index contributed by atoms with van der Waals surface area (Å²) in [6, 6.07) is 16.6. The van der Waals surface area contributed by atoms with E-state index in [-0.39, 0.29) is 0 Å². The largest absolute Gasteiger partial charge is 0.276 e. The van der Waals surface area contributed by atoms with Crippen molar-refractivity contribution in [2.75, 3.05) is 14.1 Å². The number of hydrogen-bond donors (Lipinski definition) is 0. The summed E-state index contributed by atoms with van der Waals surface area (Å²) in [4.78, 5) is 2.13. The number of hydrogen-bond acceptors (Lipinski definition) is 1. The lowest BCUT2D eigenvalue weighted by molar-refractivity contribution is -0.591. The molecule has 0 saturated heterocycles. The third-order valence-electron chi connectivity index (χ3n) is 2.80. The predicted molar refractivity (Wildman–Crippen MR) is 74.7 cm³/mol. The molecule has 0 aliphatic rings. The minimum Gasteiger partial charge on any atom is -0.267 e. The molecule has 0 saturated carbocycles. The third kappa shape index (κ3) is 3.20. The first-order valence-corrected chi connectivity index (χ1v) is 6.15. The Kier molecular flexibility index (Phi) is 4.13. The fourth-order valence-electron chi connectivity index (χ4n) is 1.89. The van der Waals surface area contributed by atoms with Crippen LogP contribution in [0.2, 0.25) is 0 Å². The van der Waals surface area contributed by atoms with Crippen molar-refractivity contribution >= 4 is 5.82 Å². The van der Waals surface area contributed by atoms with E-state index in [4.69, 9.17) is 0 Å². The second-order valence-electron chi connectivity index (χ2n) is 4.43. The molecule has 0 amide bonds. The zero-order chi connectivity index (χ0) is 12.8. The summed E-state index contributed by atoms with van der Waals surface area (Å²) in [6.45, 7) is 0. The first-order chi connectivity index (χ1) is 8.77. The van der Waals surface area contributed by atoms with Crippen LogP contribution in [-0.2, 0) is 6.42 Å². The van der Waals surface area contributed by atoms with Crippen molar-refractivity contribution in [1.29, 1.82) is 0 Å². The van der Waals surface area contributed by atoms with Gasteiger partial charge in [-0.2, -0.15) is 0 Å². The predicted octanol–water partition coefficient (Wildman–Crippen LogP) is 2.58. The van der Waals surface area contributed by atoms with E-state index in [1.54, 1.807) is 0 Å². The van der Waals surface area contributed by atoms with Gasteiger partial charge in [-0.3, -0.25) is 4.90 Å². The van der Waals surface area contributed by atoms with Crippen molar-refractivity contribution in [3.05, 3.63) is 72.6 Å². The van der Waals surface area contributed by atoms with E-state index < -0.39 is 0 Å². The summed E-state index contributed by atoms with van der Waals surface area (Å²) in [6.07, 6.45) is 7.32. The van der Waals surface area contributed by atoms with E-state index in [2.05, 4.69) is 66.3 Å². The lowest BCUT2D eigenvalue weighted by Crippen LogP contribution is -2.38. The highest BCUT2D eigenvalue weighted by atomic mass is 15.2. The van der Waals surface area contributed by atoms with Gasteiger partial charge in [0.2, 0.25) is 0 Å². The van der Waals surface area contributed by atoms with Crippen LogP contribution in [0.25, 0.3) is 5.82 Å². The minimum absolute atomic E-state index is 0.941. The van der Waals surface area contributed by atoms with Crippen LogP contribution in [0, 0.1) is 0 Å². The molecule has 0 bridgehead atoms. The van der Waals surface area contributed by atoms with Crippen molar-refractivity contribution < 1.29 is 4.57 Å². The van der Waals surface area contributed by atoms with Crippen LogP contribution in [0.4, 0.5) is 0 Å². The van der Waals surface area contributed by atoms with Crippen LogP contribution in [0.15, 0.2) is 67.0 Å². The van der Waals surface area contributed by atoms with Gasteiger partial charge in [0.05, 0.1) is 26.5 Å². The molecule has 0 N–H and O–H groups in total. The number of aromatic nitrogens is 1. The van der Waals surface area contributed by atoms with Crippen molar-refractivity contribution in [3.63, 3.8) is 0 Å². The Morgan fingerprint density at radius 2 is 1.61 bits per heavy atom. The van der Waals surface area contributed by atoms with Crippen molar-refractivity contribution in [1.82, 2.24) is 4.90 Å². The molecule has 0 atom stereocenters. The van der Waals surface area contributed by atoms with Gasteiger partial charge < -0.3 is 0 Å². The van der Waals surface area contributed by atoms with E-state index in [1.807, 2.05) is 24.3 Å².